The molecule has 0 rings (SSSR count). The van der Waals surface area contributed by atoms with Gasteiger partial charge in [-0.25, -0.2) is 0 Å². The van der Waals surface area contributed by atoms with Crippen molar-refractivity contribution in [1.29, 1.82) is 0 Å². The minimum Gasteiger partial charge on any atom is -0.464 e. The van der Waals surface area contributed by atoms with E-state index in [9.17, 15) is 9.59 Å². The van der Waals surface area contributed by atoms with Crippen LogP contribution in [0.1, 0.15) is 68.2 Å². The van der Waals surface area contributed by atoms with E-state index in [0.29, 0.717) is 13.2 Å². The second-order valence-electron chi connectivity index (χ2n) is 8.82. The van der Waals surface area contributed by atoms with Crippen molar-refractivity contribution in [3.63, 3.8) is 0 Å². The Labute approximate surface area is 184 Å². The Balaban J connectivity index is -0.00000312. The van der Waals surface area contributed by atoms with Crippen LogP contribution >= 0.6 is 24.8 Å². The highest BCUT2D eigenvalue weighted by molar-refractivity contribution is 5.85. The molecule has 0 saturated carbocycles. The standard InChI is InChI=1S/C20H40N2O4.2ClH/c1-9-15(13-25-17(23)19(3,4)5)21-11-12-22-16(10-2)14-26-18(24)20(6,7)8;;/h15-16,21-22H,9-14H2,1-8H3;2*1H/t15-,16-;;/m0../s1. The van der Waals surface area contributed by atoms with Crippen molar-refractivity contribution in [2.45, 2.75) is 80.3 Å². The van der Waals surface area contributed by atoms with Gasteiger partial charge < -0.3 is 20.1 Å². The fourth-order valence-corrected chi connectivity index (χ4v) is 1.98. The van der Waals surface area contributed by atoms with Crippen molar-refractivity contribution in [1.82, 2.24) is 10.6 Å². The lowest BCUT2D eigenvalue weighted by molar-refractivity contribution is -0.154. The summed E-state index contributed by atoms with van der Waals surface area (Å²) in [5.41, 5.74) is -0.947. The minimum absolute atomic E-state index is 0. The molecule has 2 atom stereocenters. The van der Waals surface area contributed by atoms with Gasteiger partial charge in [0, 0.05) is 25.2 Å². The van der Waals surface area contributed by atoms with Gasteiger partial charge >= 0.3 is 11.9 Å². The molecule has 0 saturated heterocycles. The van der Waals surface area contributed by atoms with Crippen LogP contribution in [-0.2, 0) is 19.1 Å². The molecule has 0 spiro atoms. The van der Waals surface area contributed by atoms with Gasteiger partial charge in [-0.1, -0.05) is 13.8 Å². The van der Waals surface area contributed by atoms with Crippen LogP contribution in [0.25, 0.3) is 0 Å². The fourth-order valence-electron chi connectivity index (χ4n) is 1.98. The van der Waals surface area contributed by atoms with Crippen LogP contribution in [0.3, 0.4) is 0 Å². The summed E-state index contributed by atoms with van der Waals surface area (Å²) in [4.78, 5) is 23.7. The zero-order valence-electron chi connectivity index (χ0n) is 18.8. The number of ether oxygens (including phenoxy) is 2. The first-order valence-corrected chi connectivity index (χ1v) is 9.73. The third-order valence-electron chi connectivity index (χ3n) is 4.03. The lowest BCUT2D eigenvalue weighted by Gasteiger charge is -2.23. The van der Waals surface area contributed by atoms with Crippen molar-refractivity contribution >= 4 is 36.8 Å². The van der Waals surface area contributed by atoms with Gasteiger partial charge in [0.2, 0.25) is 0 Å². The molecule has 0 aromatic heterocycles. The van der Waals surface area contributed by atoms with E-state index in [0.717, 1.165) is 25.9 Å². The van der Waals surface area contributed by atoms with E-state index < -0.39 is 10.8 Å². The maximum absolute atomic E-state index is 11.8. The molecule has 0 aromatic carbocycles. The van der Waals surface area contributed by atoms with Crippen LogP contribution in [0.4, 0.5) is 0 Å². The van der Waals surface area contributed by atoms with Gasteiger partial charge in [0.05, 0.1) is 10.8 Å². The van der Waals surface area contributed by atoms with E-state index in [2.05, 4.69) is 24.5 Å². The lowest BCUT2D eigenvalue weighted by Crippen LogP contribution is -2.42. The number of carbonyl (C=O) groups is 2. The van der Waals surface area contributed by atoms with Gasteiger partial charge in [-0.3, -0.25) is 9.59 Å². The molecule has 0 fully saturated rings. The number of nitrogens with one attached hydrogen (secondary N) is 2. The Morgan fingerprint density at radius 2 is 1.00 bits per heavy atom. The summed E-state index contributed by atoms with van der Waals surface area (Å²) in [6.45, 7) is 17.5. The fraction of sp³-hybridized carbons (Fsp3) is 0.900. The summed E-state index contributed by atoms with van der Waals surface area (Å²) in [5, 5.41) is 6.79. The van der Waals surface area contributed by atoms with Crippen LogP contribution in [-0.4, -0.2) is 50.3 Å². The van der Waals surface area contributed by atoms with Crippen molar-refractivity contribution in [2.24, 2.45) is 10.8 Å². The summed E-state index contributed by atoms with van der Waals surface area (Å²) in [5.74, 6) is -0.356. The molecule has 8 heteroatoms. The molecule has 0 aromatic rings. The molecule has 0 unspecified atom stereocenters. The monoisotopic (exact) mass is 444 g/mol. The Morgan fingerprint density at radius 1 is 0.714 bits per heavy atom. The van der Waals surface area contributed by atoms with Crippen molar-refractivity contribution in [3.05, 3.63) is 0 Å². The van der Waals surface area contributed by atoms with Crippen LogP contribution in [0.5, 0.6) is 0 Å². The Morgan fingerprint density at radius 3 is 1.21 bits per heavy atom. The molecule has 0 aliphatic rings. The van der Waals surface area contributed by atoms with E-state index in [1.807, 2.05) is 41.5 Å². The third-order valence-corrected chi connectivity index (χ3v) is 4.03. The number of rotatable bonds is 11. The van der Waals surface area contributed by atoms with E-state index in [1.165, 1.54) is 0 Å². The van der Waals surface area contributed by atoms with Crippen molar-refractivity contribution in [3.8, 4) is 0 Å². The predicted molar refractivity (Wildman–Crippen MR) is 119 cm³/mol. The van der Waals surface area contributed by atoms with E-state index in [4.69, 9.17) is 9.47 Å². The lowest BCUT2D eigenvalue weighted by atomic mass is 9.97. The average molecular weight is 445 g/mol. The molecule has 6 nitrogen and oxygen atoms in total. The molecular formula is C20H42Cl2N2O4. The Bertz CT molecular complexity index is 395. The van der Waals surface area contributed by atoms with Crippen LogP contribution in [0.2, 0.25) is 0 Å². The van der Waals surface area contributed by atoms with Crippen molar-refractivity contribution in [2.75, 3.05) is 26.3 Å². The van der Waals surface area contributed by atoms with Crippen LogP contribution in [0, 0.1) is 10.8 Å². The molecule has 28 heavy (non-hydrogen) atoms. The quantitative estimate of drug-likeness (QED) is 0.373. The molecule has 0 aliphatic carbocycles. The van der Waals surface area contributed by atoms with Gasteiger partial charge in [-0.15, -0.1) is 24.8 Å². The second-order valence-corrected chi connectivity index (χ2v) is 8.82. The zero-order chi connectivity index (χ0) is 20.4. The van der Waals surface area contributed by atoms with Gasteiger partial charge in [0.1, 0.15) is 13.2 Å². The van der Waals surface area contributed by atoms with Gasteiger partial charge in [-0.05, 0) is 54.4 Å². The summed E-state index contributed by atoms with van der Waals surface area (Å²) < 4.78 is 10.8. The topological polar surface area (TPSA) is 76.7 Å². The Hall–Kier alpha value is -0.560. The number of hydrogen-bond acceptors (Lipinski definition) is 6. The maximum Gasteiger partial charge on any atom is 0.311 e. The second kappa shape index (κ2) is 15.3. The summed E-state index contributed by atoms with van der Waals surface area (Å²) >= 11 is 0. The van der Waals surface area contributed by atoms with Crippen LogP contribution < -0.4 is 10.6 Å². The minimum atomic E-state index is -0.474. The molecular weight excluding hydrogens is 403 g/mol. The smallest absolute Gasteiger partial charge is 0.311 e. The first-order chi connectivity index (χ1) is 11.9. The first-order valence-electron chi connectivity index (χ1n) is 9.73. The zero-order valence-corrected chi connectivity index (χ0v) is 20.5. The number of carbonyl (C=O) groups excluding carboxylic acids is 2. The normalized spacial score (nSPS) is 13.6. The highest BCUT2D eigenvalue weighted by atomic mass is 35.5. The van der Waals surface area contributed by atoms with Gasteiger partial charge in [-0.2, -0.15) is 0 Å². The average Bonchev–Trinajstić information content (AvgIpc) is 2.54. The molecule has 2 N–H and O–H groups in total. The molecule has 170 valence electrons. The SMILES string of the molecule is CC[C@@H](COC(=O)C(C)(C)C)NCCN[C@@H](CC)COC(=O)C(C)(C)C.Cl.Cl. The van der Waals surface area contributed by atoms with E-state index >= 15 is 0 Å². The summed E-state index contributed by atoms with van der Waals surface area (Å²) in [7, 11) is 0. The third kappa shape index (κ3) is 14.4. The highest BCUT2D eigenvalue weighted by Crippen LogP contribution is 2.16. The summed E-state index contributed by atoms with van der Waals surface area (Å²) in [6.07, 6.45) is 1.77. The van der Waals surface area contributed by atoms with E-state index in [1.54, 1.807) is 0 Å². The first kappa shape index (κ1) is 32.1. The van der Waals surface area contributed by atoms with E-state index in [-0.39, 0.29) is 48.8 Å². The molecule has 0 bridgehead atoms. The van der Waals surface area contributed by atoms with Gasteiger partial charge in [0.15, 0.2) is 0 Å². The number of hydrogen-bond donors (Lipinski definition) is 2. The van der Waals surface area contributed by atoms with Gasteiger partial charge in [0.25, 0.3) is 0 Å². The predicted octanol–water partition coefficient (Wildman–Crippen LogP) is 3.75. The largest absolute Gasteiger partial charge is 0.464 e. The Kier molecular flexibility index (Phi) is 17.6. The molecule has 0 amide bonds. The number of esters is 2. The number of halogens is 2. The molecule has 0 radical (unpaired) electrons. The van der Waals surface area contributed by atoms with Crippen molar-refractivity contribution < 1.29 is 19.1 Å². The maximum atomic E-state index is 11.8. The summed E-state index contributed by atoms with van der Waals surface area (Å²) in [6, 6.07) is 0.281. The molecule has 0 aliphatic heterocycles. The van der Waals surface area contributed by atoms with Crippen LogP contribution in [0.15, 0.2) is 0 Å². The molecule has 0 heterocycles. The highest BCUT2D eigenvalue weighted by Gasteiger charge is 2.24.